The highest BCUT2D eigenvalue weighted by molar-refractivity contribution is 7.90. The van der Waals surface area contributed by atoms with Crippen LogP contribution in [0.25, 0.3) is 0 Å². The third kappa shape index (κ3) is 6.79. The number of nitrogens with zero attached hydrogens (tertiary/aromatic N) is 2. The molecule has 0 aromatic carbocycles. The van der Waals surface area contributed by atoms with Gasteiger partial charge in [0.2, 0.25) is 0 Å². The number of pyridine rings is 1. The Morgan fingerprint density at radius 3 is 2.28 bits per heavy atom. The molecule has 1 aliphatic carbocycles. The average molecular weight is 471 g/mol. The summed E-state index contributed by atoms with van der Waals surface area (Å²) in [5.41, 5.74) is 0.574. The lowest BCUT2D eigenvalue weighted by Crippen LogP contribution is -2.43. The second-order valence-electron chi connectivity index (χ2n) is 8.72. The number of hydrogen-bond donors (Lipinski definition) is 1. The van der Waals surface area contributed by atoms with Crippen LogP contribution >= 0.6 is 0 Å². The van der Waals surface area contributed by atoms with Gasteiger partial charge in [0.1, 0.15) is 11.9 Å². The summed E-state index contributed by atoms with van der Waals surface area (Å²) in [6.07, 6.45) is 5.71. The molecule has 1 aromatic rings. The summed E-state index contributed by atoms with van der Waals surface area (Å²) in [6.45, 7) is 4.42. The number of aliphatic hydroxyl groups is 1. The van der Waals surface area contributed by atoms with Gasteiger partial charge in [0.15, 0.2) is 14.9 Å². The topological polar surface area (TPSA) is 115 Å². The number of amides is 1. The highest BCUT2D eigenvalue weighted by Crippen LogP contribution is 2.29. The number of sulfone groups is 1. The Morgan fingerprint density at radius 1 is 1.12 bits per heavy atom. The molecule has 9 nitrogen and oxygen atoms in total. The van der Waals surface area contributed by atoms with Crippen LogP contribution < -0.4 is 4.74 Å². The summed E-state index contributed by atoms with van der Waals surface area (Å²) in [4.78, 5) is 17.9. The number of carbonyl (C=O) groups is 1. The van der Waals surface area contributed by atoms with Gasteiger partial charge in [0.05, 0.1) is 30.6 Å². The van der Waals surface area contributed by atoms with E-state index in [2.05, 4.69) is 4.98 Å². The van der Waals surface area contributed by atoms with E-state index in [1.807, 2.05) is 0 Å². The van der Waals surface area contributed by atoms with Crippen molar-refractivity contribution < 1.29 is 32.5 Å². The number of piperidine rings is 1. The van der Waals surface area contributed by atoms with Gasteiger partial charge in [-0.1, -0.05) is 0 Å². The molecule has 0 unspecified atom stereocenters. The van der Waals surface area contributed by atoms with Crippen LogP contribution in [0.15, 0.2) is 17.2 Å². The number of rotatable bonds is 7. The first kappa shape index (κ1) is 24.7. The standard InChI is InChI=1S/C22H34N2O7S/c1-15(14-25)29-22(26)24-12-10-19(11-13-24)30-17-4-6-18(7-5-17)31-20-8-9-21(23-16(20)2)32(3,27)28/h8-9,15,17-19,25H,4-7,10-14H2,1-3H3/t15-,17?,18?/m0/s1. The Morgan fingerprint density at radius 2 is 1.72 bits per heavy atom. The van der Waals surface area contributed by atoms with Crippen LogP contribution in [0.3, 0.4) is 0 Å². The maximum absolute atomic E-state index is 12.0. The van der Waals surface area contributed by atoms with Crippen molar-refractivity contribution in [3.05, 3.63) is 17.8 Å². The van der Waals surface area contributed by atoms with Crippen molar-refractivity contribution in [2.75, 3.05) is 26.0 Å². The maximum Gasteiger partial charge on any atom is 0.410 e. The van der Waals surface area contributed by atoms with Crippen LogP contribution in [0, 0.1) is 6.92 Å². The third-order valence-electron chi connectivity index (χ3n) is 5.95. The van der Waals surface area contributed by atoms with Crippen molar-refractivity contribution in [3.63, 3.8) is 0 Å². The molecule has 1 aliphatic heterocycles. The average Bonchev–Trinajstić information content (AvgIpc) is 2.76. The fourth-order valence-corrected chi connectivity index (χ4v) is 4.67. The molecule has 2 aliphatic rings. The lowest BCUT2D eigenvalue weighted by atomic mass is 9.94. The van der Waals surface area contributed by atoms with Gasteiger partial charge in [-0.15, -0.1) is 0 Å². The normalized spacial score (nSPS) is 23.6. The molecule has 2 heterocycles. The van der Waals surface area contributed by atoms with E-state index in [-0.39, 0.29) is 36.0 Å². The molecule has 0 spiro atoms. The van der Waals surface area contributed by atoms with Gasteiger partial charge in [-0.3, -0.25) is 0 Å². The van der Waals surface area contributed by atoms with Crippen molar-refractivity contribution in [3.8, 4) is 5.75 Å². The van der Waals surface area contributed by atoms with Gasteiger partial charge in [0, 0.05) is 19.3 Å². The fourth-order valence-electron chi connectivity index (χ4n) is 4.05. The minimum atomic E-state index is -3.33. The second-order valence-corrected chi connectivity index (χ2v) is 10.7. The molecule has 1 atom stereocenters. The first-order valence-corrected chi connectivity index (χ1v) is 13.1. The Balaban J connectivity index is 1.40. The van der Waals surface area contributed by atoms with Gasteiger partial charge in [-0.25, -0.2) is 18.2 Å². The lowest BCUT2D eigenvalue weighted by molar-refractivity contribution is -0.0664. The van der Waals surface area contributed by atoms with E-state index >= 15 is 0 Å². The zero-order valence-corrected chi connectivity index (χ0v) is 19.8. The van der Waals surface area contributed by atoms with Gasteiger partial charge < -0.3 is 24.2 Å². The molecule has 10 heteroatoms. The minimum Gasteiger partial charge on any atom is -0.489 e. The molecular formula is C22H34N2O7S. The molecule has 1 aromatic heterocycles. The van der Waals surface area contributed by atoms with Crippen LogP contribution in [0.5, 0.6) is 5.75 Å². The molecule has 32 heavy (non-hydrogen) atoms. The third-order valence-corrected chi connectivity index (χ3v) is 6.94. The molecule has 1 saturated heterocycles. The molecule has 1 saturated carbocycles. The molecule has 0 radical (unpaired) electrons. The van der Waals surface area contributed by atoms with E-state index in [0.717, 1.165) is 44.8 Å². The van der Waals surface area contributed by atoms with Gasteiger partial charge in [-0.2, -0.15) is 0 Å². The largest absolute Gasteiger partial charge is 0.489 e. The van der Waals surface area contributed by atoms with E-state index in [1.54, 1.807) is 24.8 Å². The first-order chi connectivity index (χ1) is 15.2. The zero-order valence-electron chi connectivity index (χ0n) is 19.0. The second kappa shape index (κ2) is 10.8. The number of likely N-dealkylation sites (tertiary alicyclic amines) is 1. The fraction of sp³-hybridized carbons (Fsp3) is 0.727. The van der Waals surface area contributed by atoms with Crippen LogP contribution in [-0.4, -0.2) is 79.9 Å². The quantitative estimate of drug-likeness (QED) is 0.646. The Labute approximate surface area is 190 Å². The molecular weight excluding hydrogens is 436 g/mol. The zero-order chi connectivity index (χ0) is 23.3. The van der Waals surface area contributed by atoms with Crippen molar-refractivity contribution >= 4 is 15.9 Å². The van der Waals surface area contributed by atoms with E-state index in [4.69, 9.17) is 19.3 Å². The van der Waals surface area contributed by atoms with E-state index in [9.17, 15) is 13.2 Å². The van der Waals surface area contributed by atoms with Crippen LogP contribution in [-0.2, 0) is 19.3 Å². The Hall–Kier alpha value is -1.91. The summed E-state index contributed by atoms with van der Waals surface area (Å²) in [7, 11) is -3.33. The summed E-state index contributed by atoms with van der Waals surface area (Å²) in [6, 6.07) is 3.17. The summed E-state index contributed by atoms with van der Waals surface area (Å²) < 4.78 is 40.8. The minimum absolute atomic E-state index is 0.0571. The molecule has 180 valence electrons. The number of hydrogen-bond acceptors (Lipinski definition) is 8. The highest BCUT2D eigenvalue weighted by Gasteiger charge is 2.29. The number of aryl methyl sites for hydroxylation is 1. The van der Waals surface area contributed by atoms with Crippen molar-refractivity contribution in [2.45, 2.75) is 81.8 Å². The number of ether oxygens (including phenoxy) is 3. The number of carbonyl (C=O) groups excluding carboxylic acids is 1. The Kier molecular flexibility index (Phi) is 8.35. The van der Waals surface area contributed by atoms with Gasteiger partial charge in [0.25, 0.3) is 0 Å². The predicted octanol–water partition coefficient (Wildman–Crippen LogP) is 2.48. The Bertz CT molecular complexity index is 876. The first-order valence-electron chi connectivity index (χ1n) is 11.2. The van der Waals surface area contributed by atoms with Crippen molar-refractivity contribution in [2.24, 2.45) is 0 Å². The van der Waals surface area contributed by atoms with Gasteiger partial charge >= 0.3 is 6.09 Å². The molecule has 1 amide bonds. The molecule has 1 N–H and O–H groups in total. The van der Waals surface area contributed by atoms with Crippen molar-refractivity contribution in [1.29, 1.82) is 0 Å². The smallest absolute Gasteiger partial charge is 0.410 e. The van der Waals surface area contributed by atoms with E-state index in [0.29, 0.717) is 24.5 Å². The van der Waals surface area contributed by atoms with Crippen LogP contribution in [0.2, 0.25) is 0 Å². The highest BCUT2D eigenvalue weighted by atomic mass is 32.2. The number of aromatic nitrogens is 1. The van der Waals surface area contributed by atoms with E-state index in [1.165, 1.54) is 6.07 Å². The van der Waals surface area contributed by atoms with Crippen LogP contribution in [0.1, 0.15) is 51.1 Å². The molecule has 2 fully saturated rings. The van der Waals surface area contributed by atoms with E-state index < -0.39 is 15.9 Å². The molecule has 0 bridgehead atoms. The monoisotopic (exact) mass is 470 g/mol. The lowest BCUT2D eigenvalue weighted by Gasteiger charge is -2.36. The molecule has 3 rings (SSSR count). The summed E-state index contributed by atoms with van der Waals surface area (Å²) in [5.74, 6) is 0.622. The maximum atomic E-state index is 12.0. The van der Waals surface area contributed by atoms with Crippen molar-refractivity contribution in [1.82, 2.24) is 9.88 Å². The predicted molar refractivity (Wildman–Crippen MR) is 117 cm³/mol. The number of aliphatic hydroxyl groups excluding tert-OH is 1. The van der Waals surface area contributed by atoms with Crippen LogP contribution in [0.4, 0.5) is 4.79 Å². The SMILES string of the molecule is Cc1nc(S(C)(=O)=O)ccc1OC1CCC(OC2CCN(C(=O)O[C@@H](C)CO)CC2)CC1. The summed E-state index contributed by atoms with van der Waals surface area (Å²) >= 11 is 0. The van der Waals surface area contributed by atoms with Gasteiger partial charge in [-0.05, 0) is 64.5 Å². The summed E-state index contributed by atoms with van der Waals surface area (Å²) in [5, 5.41) is 9.07.